The third-order valence-corrected chi connectivity index (χ3v) is 4.68. The highest BCUT2D eigenvalue weighted by Crippen LogP contribution is 2.35. The first-order valence-corrected chi connectivity index (χ1v) is 8.62. The van der Waals surface area contributed by atoms with Crippen molar-refractivity contribution in [3.05, 3.63) is 64.1 Å². The van der Waals surface area contributed by atoms with Gasteiger partial charge in [-0.1, -0.05) is 12.1 Å². The summed E-state index contributed by atoms with van der Waals surface area (Å²) in [5.41, 5.74) is 0.418. The van der Waals surface area contributed by atoms with E-state index in [4.69, 9.17) is 0 Å². The van der Waals surface area contributed by atoms with Gasteiger partial charge >= 0.3 is 6.18 Å². The number of nitrogens with zero attached hydrogens (tertiary/aromatic N) is 5. The Morgan fingerprint density at radius 3 is 2.44 bits per heavy atom. The largest absolute Gasteiger partial charge is 0.436 e. The zero-order chi connectivity index (χ0) is 19.8. The number of carbonyl (C=O) groups excluding carboxylic acids is 1. The van der Waals surface area contributed by atoms with Crippen LogP contribution in [-0.4, -0.2) is 37.4 Å². The molecule has 1 aromatic carbocycles. The summed E-state index contributed by atoms with van der Waals surface area (Å²) in [6, 6.07) is 9.17. The van der Waals surface area contributed by atoms with Crippen LogP contribution in [0.3, 0.4) is 0 Å². The molecule has 0 unspecified atom stereocenters. The molecule has 0 N–H and O–H groups in total. The fourth-order valence-electron chi connectivity index (χ4n) is 2.61. The second kappa shape index (κ2) is 7.18. The van der Waals surface area contributed by atoms with E-state index in [0.29, 0.717) is 0 Å². The maximum Gasteiger partial charge on any atom is 0.436 e. The van der Waals surface area contributed by atoms with Crippen LogP contribution in [0.4, 0.5) is 13.2 Å². The number of hydrogen-bond donors (Lipinski definition) is 0. The summed E-state index contributed by atoms with van der Waals surface area (Å²) >= 11 is 2.86. The standard InChI is InChI=1S/C17H15BrF3N5O/c1-24(10-11-4-6-12(7-5-11)26-9-3-8-22-26)16(27)14-13(18)15(17(19,20)21)23-25(14)2/h3-9H,10H2,1-2H3. The summed E-state index contributed by atoms with van der Waals surface area (Å²) in [4.78, 5) is 14.0. The minimum atomic E-state index is -4.64. The number of aromatic nitrogens is 4. The van der Waals surface area contributed by atoms with Crippen LogP contribution in [0, 0.1) is 0 Å². The number of alkyl halides is 3. The lowest BCUT2D eigenvalue weighted by Gasteiger charge is -2.18. The van der Waals surface area contributed by atoms with Gasteiger partial charge in [0.25, 0.3) is 5.91 Å². The number of benzene rings is 1. The van der Waals surface area contributed by atoms with Crippen molar-refractivity contribution in [1.82, 2.24) is 24.5 Å². The minimum Gasteiger partial charge on any atom is -0.336 e. The van der Waals surface area contributed by atoms with Gasteiger partial charge in [-0.15, -0.1) is 0 Å². The van der Waals surface area contributed by atoms with Crippen molar-refractivity contribution in [2.45, 2.75) is 12.7 Å². The molecule has 3 aromatic rings. The number of aryl methyl sites for hydroxylation is 1. The fourth-order valence-corrected chi connectivity index (χ4v) is 3.34. The molecule has 0 saturated carbocycles. The second-order valence-corrected chi connectivity index (χ2v) is 6.70. The Bertz CT molecular complexity index is 948. The SMILES string of the molecule is CN(Cc1ccc(-n2cccn2)cc1)C(=O)c1c(Br)c(C(F)(F)F)nn1C. The molecule has 2 aromatic heterocycles. The molecular formula is C17H15BrF3N5O. The summed E-state index contributed by atoms with van der Waals surface area (Å²) in [5, 5.41) is 7.55. The Morgan fingerprint density at radius 2 is 1.93 bits per heavy atom. The summed E-state index contributed by atoms with van der Waals surface area (Å²) in [6.45, 7) is 0.233. The maximum absolute atomic E-state index is 13.0. The monoisotopic (exact) mass is 441 g/mol. The molecule has 6 nitrogen and oxygen atoms in total. The van der Waals surface area contributed by atoms with Crippen molar-refractivity contribution < 1.29 is 18.0 Å². The van der Waals surface area contributed by atoms with E-state index in [1.807, 2.05) is 30.5 Å². The molecule has 0 fully saturated rings. The van der Waals surface area contributed by atoms with Gasteiger partial charge in [0, 0.05) is 33.0 Å². The molecule has 142 valence electrons. The third kappa shape index (κ3) is 3.90. The predicted octanol–water partition coefficient (Wildman–Crippen LogP) is 3.66. The van der Waals surface area contributed by atoms with Gasteiger partial charge in [-0.25, -0.2) is 4.68 Å². The average molecular weight is 442 g/mol. The first-order valence-electron chi connectivity index (χ1n) is 7.82. The molecule has 27 heavy (non-hydrogen) atoms. The van der Waals surface area contributed by atoms with Gasteiger partial charge in [0.2, 0.25) is 0 Å². The van der Waals surface area contributed by atoms with Crippen LogP contribution in [0.15, 0.2) is 47.2 Å². The fraction of sp³-hybridized carbons (Fsp3) is 0.235. The van der Waals surface area contributed by atoms with Crippen LogP contribution in [0.1, 0.15) is 21.7 Å². The molecular weight excluding hydrogens is 427 g/mol. The van der Waals surface area contributed by atoms with Gasteiger partial charge in [0.15, 0.2) is 5.69 Å². The lowest BCUT2D eigenvalue weighted by molar-refractivity contribution is -0.142. The van der Waals surface area contributed by atoms with Crippen LogP contribution in [0.2, 0.25) is 0 Å². The maximum atomic E-state index is 13.0. The molecule has 3 rings (SSSR count). The Kier molecular flexibility index (Phi) is 5.09. The Morgan fingerprint density at radius 1 is 1.26 bits per heavy atom. The summed E-state index contributed by atoms with van der Waals surface area (Å²) in [6.07, 6.45) is -1.17. The van der Waals surface area contributed by atoms with Gasteiger partial charge in [-0.2, -0.15) is 23.4 Å². The average Bonchev–Trinajstić information content (AvgIpc) is 3.23. The van der Waals surface area contributed by atoms with E-state index < -0.39 is 17.8 Å². The van der Waals surface area contributed by atoms with Crippen LogP contribution < -0.4 is 0 Å². The van der Waals surface area contributed by atoms with E-state index in [-0.39, 0.29) is 16.7 Å². The van der Waals surface area contributed by atoms with E-state index in [9.17, 15) is 18.0 Å². The zero-order valence-electron chi connectivity index (χ0n) is 14.4. The van der Waals surface area contributed by atoms with Crippen molar-refractivity contribution in [3.63, 3.8) is 0 Å². The number of hydrogen-bond acceptors (Lipinski definition) is 3. The minimum absolute atomic E-state index is 0.155. The van der Waals surface area contributed by atoms with Crippen molar-refractivity contribution >= 4 is 21.8 Å². The van der Waals surface area contributed by atoms with Gasteiger partial charge in [0.05, 0.1) is 10.2 Å². The number of amides is 1. The lowest BCUT2D eigenvalue weighted by atomic mass is 10.2. The predicted molar refractivity (Wildman–Crippen MR) is 95.3 cm³/mol. The van der Waals surface area contributed by atoms with E-state index in [0.717, 1.165) is 15.9 Å². The smallest absolute Gasteiger partial charge is 0.336 e. The highest BCUT2D eigenvalue weighted by Gasteiger charge is 2.39. The molecule has 0 aliphatic heterocycles. The second-order valence-electron chi connectivity index (χ2n) is 5.91. The van der Waals surface area contributed by atoms with Crippen molar-refractivity contribution in [3.8, 4) is 5.69 Å². The molecule has 0 aliphatic carbocycles. The zero-order valence-corrected chi connectivity index (χ0v) is 16.0. The first kappa shape index (κ1) is 19.2. The summed E-state index contributed by atoms with van der Waals surface area (Å²) < 4.78 is 41.2. The molecule has 0 bridgehead atoms. The first-order chi connectivity index (χ1) is 12.7. The van der Waals surface area contributed by atoms with E-state index in [1.54, 1.807) is 16.9 Å². The van der Waals surface area contributed by atoms with Crippen LogP contribution in [0.5, 0.6) is 0 Å². The van der Waals surface area contributed by atoms with Crippen molar-refractivity contribution in [2.24, 2.45) is 7.05 Å². The van der Waals surface area contributed by atoms with E-state index in [1.165, 1.54) is 19.0 Å². The Labute approximate surface area is 161 Å². The summed E-state index contributed by atoms with van der Waals surface area (Å²) in [5.74, 6) is -0.566. The van der Waals surface area contributed by atoms with Crippen molar-refractivity contribution in [1.29, 1.82) is 0 Å². The van der Waals surface area contributed by atoms with E-state index >= 15 is 0 Å². The molecule has 0 saturated heterocycles. The molecule has 1 amide bonds. The molecule has 2 heterocycles. The van der Waals surface area contributed by atoms with Crippen LogP contribution in [0.25, 0.3) is 5.69 Å². The summed E-state index contributed by atoms with van der Waals surface area (Å²) in [7, 11) is 2.83. The molecule has 0 spiro atoms. The van der Waals surface area contributed by atoms with Gasteiger partial charge in [-0.05, 0) is 39.7 Å². The Hall–Kier alpha value is -2.62. The third-order valence-electron chi connectivity index (χ3n) is 3.93. The Balaban J connectivity index is 1.78. The van der Waals surface area contributed by atoms with Crippen LogP contribution >= 0.6 is 15.9 Å². The van der Waals surface area contributed by atoms with Gasteiger partial charge < -0.3 is 4.90 Å². The van der Waals surface area contributed by atoms with Crippen molar-refractivity contribution in [2.75, 3.05) is 7.05 Å². The normalized spacial score (nSPS) is 11.6. The molecule has 0 aliphatic rings. The van der Waals surface area contributed by atoms with Gasteiger partial charge in [-0.3, -0.25) is 9.48 Å². The highest BCUT2D eigenvalue weighted by molar-refractivity contribution is 9.10. The lowest BCUT2D eigenvalue weighted by Crippen LogP contribution is -2.28. The number of carbonyl (C=O) groups is 1. The molecule has 0 atom stereocenters. The molecule has 0 radical (unpaired) electrons. The van der Waals surface area contributed by atoms with E-state index in [2.05, 4.69) is 26.1 Å². The number of halogens is 4. The molecule has 10 heteroatoms. The topological polar surface area (TPSA) is 56.0 Å². The number of rotatable bonds is 4. The quantitative estimate of drug-likeness (QED) is 0.620. The van der Waals surface area contributed by atoms with Crippen LogP contribution in [-0.2, 0) is 19.8 Å². The van der Waals surface area contributed by atoms with Gasteiger partial charge in [0.1, 0.15) is 5.69 Å². The highest BCUT2D eigenvalue weighted by atomic mass is 79.9.